The van der Waals surface area contributed by atoms with Gasteiger partial charge in [0.25, 0.3) is 5.91 Å². The van der Waals surface area contributed by atoms with Crippen LogP contribution in [-0.4, -0.2) is 64.7 Å². The molecule has 4 N–H and O–H groups in total. The molecule has 0 atom stereocenters. The lowest BCUT2D eigenvalue weighted by Gasteiger charge is -2.33. The van der Waals surface area contributed by atoms with Crippen LogP contribution in [-0.2, 0) is 0 Å². The van der Waals surface area contributed by atoms with Gasteiger partial charge in [0.2, 0.25) is 5.88 Å². The van der Waals surface area contributed by atoms with Crippen molar-refractivity contribution in [1.29, 1.82) is 0 Å². The number of aromatic nitrogens is 1. The van der Waals surface area contributed by atoms with Crippen LogP contribution in [0.1, 0.15) is 48.9 Å². The quantitative estimate of drug-likeness (QED) is 0.413. The maximum Gasteiger partial charge on any atom is 0.346 e. The van der Waals surface area contributed by atoms with Crippen molar-refractivity contribution in [1.82, 2.24) is 14.8 Å². The molecule has 1 saturated carbocycles. The van der Waals surface area contributed by atoms with Crippen LogP contribution in [0.25, 0.3) is 0 Å². The van der Waals surface area contributed by atoms with Gasteiger partial charge in [-0.3, -0.25) is 9.93 Å². The minimum Gasteiger partial charge on any atom is -0.478 e. The number of nitrogens with two attached hydrogens (primary N) is 2. The Morgan fingerprint density at radius 1 is 1.13 bits per heavy atom. The van der Waals surface area contributed by atoms with E-state index in [1.54, 1.807) is 28.1 Å². The number of carbonyl (C=O) groups excluding carboxylic acids is 2. The van der Waals surface area contributed by atoms with Crippen LogP contribution in [0.15, 0.2) is 23.3 Å². The van der Waals surface area contributed by atoms with Gasteiger partial charge in [-0.2, -0.15) is 4.99 Å². The summed E-state index contributed by atoms with van der Waals surface area (Å²) in [6.45, 7) is 2.31. The van der Waals surface area contributed by atoms with Gasteiger partial charge in [0, 0.05) is 38.4 Å². The van der Waals surface area contributed by atoms with E-state index < -0.39 is 6.03 Å². The molecular weight excluding hydrogens is 404 g/mol. The van der Waals surface area contributed by atoms with Gasteiger partial charge < -0.3 is 20.3 Å². The SMILES string of the molecule is NS/C(N)=N/C(=O)N1CCN(C(=O)c2ccc(OCCC3CCCCC3)nc2)CC1. The molecule has 30 heavy (non-hydrogen) atoms. The third kappa shape index (κ3) is 6.33. The van der Waals surface area contributed by atoms with Crippen molar-refractivity contribution in [3.8, 4) is 5.88 Å². The van der Waals surface area contributed by atoms with E-state index in [2.05, 4.69) is 9.98 Å². The number of piperazine rings is 1. The second-order valence-electron chi connectivity index (χ2n) is 7.66. The molecule has 1 aliphatic heterocycles. The predicted molar refractivity (Wildman–Crippen MR) is 117 cm³/mol. The highest BCUT2D eigenvalue weighted by Gasteiger charge is 2.25. The molecule has 164 valence electrons. The molecule has 2 fully saturated rings. The van der Waals surface area contributed by atoms with Gasteiger partial charge in [-0.05, 0) is 30.4 Å². The number of hydrogen-bond donors (Lipinski definition) is 2. The van der Waals surface area contributed by atoms with Crippen LogP contribution in [0.4, 0.5) is 4.79 Å². The number of amidine groups is 1. The molecule has 0 radical (unpaired) electrons. The van der Waals surface area contributed by atoms with Crippen LogP contribution in [0.3, 0.4) is 0 Å². The van der Waals surface area contributed by atoms with Gasteiger partial charge in [-0.1, -0.05) is 32.1 Å². The molecule has 2 aliphatic rings. The largest absolute Gasteiger partial charge is 0.478 e. The molecule has 1 saturated heterocycles. The second-order valence-corrected chi connectivity index (χ2v) is 8.31. The highest BCUT2D eigenvalue weighted by molar-refractivity contribution is 8.11. The van der Waals surface area contributed by atoms with Gasteiger partial charge in [0.15, 0.2) is 5.17 Å². The Bertz CT molecular complexity index is 743. The standard InChI is InChI=1S/C20H30N6O3S/c21-19(30-22)24-20(28)26-11-9-25(10-12-26)18(27)16-6-7-17(23-14-16)29-13-8-15-4-2-1-3-5-15/h6-7,14-15H,1-5,8-13,22H2,(H2,21,24,28). The summed E-state index contributed by atoms with van der Waals surface area (Å²) in [5, 5.41) is 5.29. The van der Waals surface area contributed by atoms with E-state index in [9.17, 15) is 9.59 Å². The predicted octanol–water partition coefficient (Wildman–Crippen LogP) is 2.23. The van der Waals surface area contributed by atoms with E-state index in [0.717, 1.165) is 24.3 Å². The molecule has 2 heterocycles. The Hall–Kier alpha value is -2.33. The lowest BCUT2D eigenvalue weighted by atomic mass is 9.87. The zero-order valence-electron chi connectivity index (χ0n) is 17.2. The van der Waals surface area contributed by atoms with Crippen LogP contribution < -0.4 is 15.6 Å². The van der Waals surface area contributed by atoms with E-state index >= 15 is 0 Å². The Kier molecular flexibility index (Phi) is 8.32. The van der Waals surface area contributed by atoms with Crippen molar-refractivity contribution in [3.05, 3.63) is 23.9 Å². The minimum absolute atomic E-state index is 0.0191. The maximum absolute atomic E-state index is 12.7. The van der Waals surface area contributed by atoms with Crippen molar-refractivity contribution < 1.29 is 14.3 Å². The van der Waals surface area contributed by atoms with Crippen LogP contribution >= 0.6 is 11.9 Å². The zero-order chi connectivity index (χ0) is 21.3. The van der Waals surface area contributed by atoms with Crippen molar-refractivity contribution in [2.45, 2.75) is 38.5 Å². The molecule has 0 spiro atoms. The summed E-state index contributed by atoms with van der Waals surface area (Å²) in [6.07, 6.45) is 9.23. The average Bonchev–Trinajstić information content (AvgIpc) is 2.79. The fraction of sp³-hybridized carbons (Fsp3) is 0.600. The topological polar surface area (TPSA) is 127 Å². The maximum atomic E-state index is 12.7. The molecule has 0 unspecified atom stereocenters. The highest BCUT2D eigenvalue weighted by Crippen LogP contribution is 2.26. The molecule has 3 rings (SSSR count). The van der Waals surface area contributed by atoms with E-state index in [-0.39, 0.29) is 11.1 Å². The van der Waals surface area contributed by atoms with Gasteiger partial charge in [0.05, 0.1) is 12.2 Å². The first-order chi connectivity index (χ1) is 14.6. The van der Waals surface area contributed by atoms with Gasteiger partial charge in [-0.25, -0.2) is 9.78 Å². The molecule has 3 amide bonds. The van der Waals surface area contributed by atoms with E-state index in [4.69, 9.17) is 15.6 Å². The summed E-state index contributed by atoms with van der Waals surface area (Å²) < 4.78 is 5.76. The van der Waals surface area contributed by atoms with Crippen molar-refractivity contribution >= 4 is 29.1 Å². The number of carbonyl (C=O) groups is 2. The van der Waals surface area contributed by atoms with Gasteiger partial charge in [0.1, 0.15) is 0 Å². The van der Waals surface area contributed by atoms with Crippen molar-refractivity contribution in [3.63, 3.8) is 0 Å². The smallest absolute Gasteiger partial charge is 0.346 e. The first-order valence-electron chi connectivity index (χ1n) is 10.4. The Morgan fingerprint density at radius 3 is 2.47 bits per heavy atom. The molecule has 0 bridgehead atoms. The first kappa shape index (κ1) is 22.4. The number of ether oxygens (including phenoxy) is 1. The van der Waals surface area contributed by atoms with Crippen LogP contribution in [0.2, 0.25) is 0 Å². The summed E-state index contributed by atoms with van der Waals surface area (Å²) in [5.41, 5.74) is 5.98. The number of urea groups is 1. The molecule has 1 aromatic rings. The monoisotopic (exact) mass is 434 g/mol. The summed E-state index contributed by atoms with van der Waals surface area (Å²) in [7, 11) is 0. The van der Waals surface area contributed by atoms with Gasteiger partial charge >= 0.3 is 6.03 Å². The Balaban J connectivity index is 1.44. The lowest BCUT2D eigenvalue weighted by molar-refractivity contribution is 0.0669. The number of aliphatic imine (C=N–C) groups is 1. The van der Waals surface area contributed by atoms with Gasteiger partial charge in [-0.15, -0.1) is 0 Å². The number of amides is 3. The normalized spacial score (nSPS) is 18.4. The van der Waals surface area contributed by atoms with Crippen LogP contribution in [0.5, 0.6) is 5.88 Å². The zero-order valence-corrected chi connectivity index (χ0v) is 18.0. The van der Waals surface area contributed by atoms with E-state index in [0.29, 0.717) is 44.2 Å². The average molecular weight is 435 g/mol. The Morgan fingerprint density at radius 2 is 1.83 bits per heavy atom. The fourth-order valence-electron chi connectivity index (χ4n) is 3.87. The van der Waals surface area contributed by atoms with Crippen LogP contribution in [0, 0.1) is 5.92 Å². The van der Waals surface area contributed by atoms with E-state index in [1.165, 1.54) is 32.1 Å². The highest BCUT2D eigenvalue weighted by atomic mass is 32.2. The number of rotatable bonds is 5. The van der Waals surface area contributed by atoms with Crippen molar-refractivity contribution in [2.24, 2.45) is 21.8 Å². The van der Waals surface area contributed by atoms with E-state index in [1.807, 2.05) is 0 Å². The number of hydrogen-bond acceptors (Lipinski definition) is 6. The number of nitrogens with zero attached hydrogens (tertiary/aromatic N) is 4. The molecule has 1 aliphatic carbocycles. The third-order valence-corrected chi connectivity index (χ3v) is 5.98. The van der Waals surface area contributed by atoms with Crippen molar-refractivity contribution in [2.75, 3.05) is 32.8 Å². The number of pyridine rings is 1. The molecular formula is C20H30N6O3S. The summed E-state index contributed by atoms with van der Waals surface area (Å²) >= 11 is 0.731. The minimum atomic E-state index is -0.436. The molecule has 10 heteroatoms. The first-order valence-corrected chi connectivity index (χ1v) is 11.3. The second kappa shape index (κ2) is 11.2. The third-order valence-electron chi connectivity index (χ3n) is 5.65. The Labute approximate surface area is 181 Å². The molecule has 9 nitrogen and oxygen atoms in total. The molecule has 1 aromatic heterocycles. The molecule has 0 aromatic carbocycles. The summed E-state index contributed by atoms with van der Waals surface area (Å²) in [4.78, 5) is 35.9. The summed E-state index contributed by atoms with van der Waals surface area (Å²) in [6, 6.07) is 3.05. The fourth-order valence-corrected chi connectivity index (χ4v) is 4.00. The lowest BCUT2D eigenvalue weighted by Crippen LogP contribution is -2.50. The summed E-state index contributed by atoms with van der Waals surface area (Å²) in [5.74, 6) is 1.20.